The van der Waals surface area contributed by atoms with Gasteiger partial charge in [-0.1, -0.05) is 13.8 Å². The summed E-state index contributed by atoms with van der Waals surface area (Å²) in [6.07, 6.45) is -1.21. The van der Waals surface area contributed by atoms with E-state index in [1.807, 2.05) is 13.8 Å². The Hall–Kier alpha value is -2.58. The van der Waals surface area contributed by atoms with Gasteiger partial charge in [-0.2, -0.15) is 13.2 Å². The standard InChI is InChI=1S/C14H14F3N5O.C2H6/c1-23-13-10(14(15,16)17)4-8(5-19-13)22-3-2-11-9(6-22)12(18)21-7-20-11;1-2/h4-5,7H,2-3,6H2,1H3,(H2,18,20,21);1-2H3. The molecule has 2 aromatic heterocycles. The Bertz CT molecular complexity index is 736. The number of anilines is 2. The number of hydrogen-bond acceptors (Lipinski definition) is 6. The third kappa shape index (κ3) is 3.92. The molecule has 9 heteroatoms. The maximum atomic E-state index is 13.1. The Morgan fingerprint density at radius 1 is 1.20 bits per heavy atom. The van der Waals surface area contributed by atoms with Gasteiger partial charge in [-0.25, -0.2) is 15.0 Å². The highest BCUT2D eigenvalue weighted by molar-refractivity contribution is 5.54. The van der Waals surface area contributed by atoms with Crippen LogP contribution in [-0.2, 0) is 19.1 Å². The average molecular weight is 355 g/mol. The first kappa shape index (κ1) is 18.8. The number of nitrogens with two attached hydrogens (primary N) is 1. The van der Waals surface area contributed by atoms with E-state index in [0.29, 0.717) is 31.0 Å². The molecule has 0 spiro atoms. The molecule has 0 radical (unpaired) electrons. The summed E-state index contributed by atoms with van der Waals surface area (Å²) in [5, 5.41) is 0. The molecule has 0 amide bonds. The number of halogens is 3. The van der Waals surface area contributed by atoms with E-state index in [1.165, 1.54) is 12.5 Å². The van der Waals surface area contributed by atoms with Gasteiger partial charge in [0.05, 0.1) is 24.7 Å². The number of pyridine rings is 1. The van der Waals surface area contributed by atoms with Gasteiger partial charge >= 0.3 is 6.18 Å². The van der Waals surface area contributed by atoms with Gasteiger partial charge in [0.15, 0.2) is 0 Å². The SMILES string of the molecule is CC.COc1ncc(N2CCc3ncnc(N)c3C2)cc1C(F)(F)F. The van der Waals surface area contributed by atoms with Gasteiger partial charge in [0.1, 0.15) is 17.7 Å². The Kier molecular flexibility index (Phi) is 5.66. The first-order valence-corrected chi connectivity index (χ1v) is 7.84. The van der Waals surface area contributed by atoms with Crippen LogP contribution in [0.3, 0.4) is 0 Å². The molecule has 0 unspecified atom stereocenters. The second-order valence-electron chi connectivity index (χ2n) is 5.10. The summed E-state index contributed by atoms with van der Waals surface area (Å²) in [7, 11) is 1.16. The normalized spacial score (nSPS) is 13.6. The summed E-state index contributed by atoms with van der Waals surface area (Å²) >= 11 is 0. The van der Waals surface area contributed by atoms with Gasteiger partial charge < -0.3 is 15.4 Å². The lowest BCUT2D eigenvalue weighted by Gasteiger charge is -2.30. The first-order valence-electron chi connectivity index (χ1n) is 7.84. The molecule has 0 fully saturated rings. The van der Waals surface area contributed by atoms with Crippen molar-refractivity contribution in [1.82, 2.24) is 15.0 Å². The highest BCUT2D eigenvalue weighted by Gasteiger charge is 2.36. The molecule has 2 N–H and O–H groups in total. The fourth-order valence-electron chi connectivity index (χ4n) is 2.56. The molecule has 1 aliphatic rings. The number of methoxy groups -OCH3 is 1. The summed E-state index contributed by atoms with van der Waals surface area (Å²) in [5.74, 6) is -0.0984. The van der Waals surface area contributed by atoms with Crippen molar-refractivity contribution < 1.29 is 17.9 Å². The molecule has 2 aromatic rings. The maximum absolute atomic E-state index is 13.1. The van der Waals surface area contributed by atoms with Crippen molar-refractivity contribution in [2.45, 2.75) is 33.0 Å². The number of nitrogens with zero attached hydrogens (tertiary/aromatic N) is 4. The van der Waals surface area contributed by atoms with E-state index in [9.17, 15) is 13.2 Å². The van der Waals surface area contributed by atoms with Crippen molar-refractivity contribution in [2.75, 3.05) is 24.3 Å². The van der Waals surface area contributed by atoms with Crippen molar-refractivity contribution in [3.63, 3.8) is 0 Å². The highest BCUT2D eigenvalue weighted by Crippen LogP contribution is 2.37. The zero-order valence-electron chi connectivity index (χ0n) is 14.3. The van der Waals surface area contributed by atoms with Gasteiger partial charge in [-0.05, 0) is 6.07 Å². The largest absolute Gasteiger partial charge is 0.481 e. The minimum absolute atomic E-state index is 0.341. The second-order valence-corrected chi connectivity index (χ2v) is 5.10. The summed E-state index contributed by atoms with van der Waals surface area (Å²) in [4.78, 5) is 13.6. The van der Waals surface area contributed by atoms with E-state index in [2.05, 4.69) is 15.0 Å². The topological polar surface area (TPSA) is 77.2 Å². The minimum Gasteiger partial charge on any atom is -0.481 e. The van der Waals surface area contributed by atoms with Crippen molar-refractivity contribution >= 4 is 11.5 Å². The number of hydrogen-bond donors (Lipinski definition) is 1. The third-order valence-electron chi connectivity index (χ3n) is 3.74. The molecule has 6 nitrogen and oxygen atoms in total. The van der Waals surface area contributed by atoms with Gasteiger partial charge in [0.25, 0.3) is 0 Å². The number of nitrogen functional groups attached to an aromatic ring is 1. The van der Waals surface area contributed by atoms with Crippen LogP contribution in [0.25, 0.3) is 0 Å². The number of alkyl halides is 3. The van der Waals surface area contributed by atoms with Crippen molar-refractivity contribution in [3.8, 4) is 5.88 Å². The van der Waals surface area contributed by atoms with Crippen LogP contribution in [0.4, 0.5) is 24.7 Å². The number of ether oxygens (including phenoxy) is 1. The summed E-state index contributed by atoms with van der Waals surface area (Å²) in [6, 6.07) is 1.04. The molecular formula is C16H20F3N5O. The van der Waals surface area contributed by atoms with Gasteiger partial charge in [0, 0.05) is 25.1 Å². The van der Waals surface area contributed by atoms with E-state index in [4.69, 9.17) is 10.5 Å². The van der Waals surface area contributed by atoms with E-state index < -0.39 is 17.6 Å². The lowest BCUT2D eigenvalue weighted by Crippen LogP contribution is -2.32. The van der Waals surface area contributed by atoms with E-state index >= 15 is 0 Å². The lowest BCUT2D eigenvalue weighted by molar-refractivity contribution is -0.139. The Labute approximate surface area is 143 Å². The number of rotatable bonds is 2. The Morgan fingerprint density at radius 3 is 2.56 bits per heavy atom. The maximum Gasteiger partial charge on any atom is 0.421 e. The molecule has 0 aromatic carbocycles. The molecule has 1 aliphatic heterocycles. The first-order chi connectivity index (χ1) is 11.9. The van der Waals surface area contributed by atoms with E-state index in [-0.39, 0.29) is 0 Å². The van der Waals surface area contributed by atoms with Crippen molar-refractivity contribution in [2.24, 2.45) is 0 Å². The van der Waals surface area contributed by atoms with Crippen LogP contribution in [0.5, 0.6) is 5.88 Å². The van der Waals surface area contributed by atoms with E-state index in [0.717, 1.165) is 24.4 Å². The fourth-order valence-corrected chi connectivity index (χ4v) is 2.56. The monoisotopic (exact) mass is 355 g/mol. The smallest absolute Gasteiger partial charge is 0.421 e. The molecule has 0 aliphatic carbocycles. The number of aromatic nitrogens is 3. The number of fused-ring (bicyclic) bond motifs is 1. The second kappa shape index (κ2) is 7.54. The van der Waals surface area contributed by atoms with Crippen LogP contribution in [0.1, 0.15) is 30.7 Å². The minimum atomic E-state index is -4.54. The summed E-state index contributed by atoms with van der Waals surface area (Å²) < 4.78 is 44.0. The molecule has 3 rings (SSSR count). The molecular weight excluding hydrogens is 335 g/mol. The molecule has 3 heterocycles. The zero-order valence-corrected chi connectivity index (χ0v) is 14.3. The fraction of sp³-hybridized carbons (Fsp3) is 0.438. The Morgan fingerprint density at radius 2 is 1.92 bits per heavy atom. The lowest BCUT2D eigenvalue weighted by atomic mass is 10.1. The average Bonchev–Trinajstić information content (AvgIpc) is 2.62. The molecule has 0 saturated heterocycles. The van der Waals surface area contributed by atoms with Crippen LogP contribution in [-0.4, -0.2) is 28.6 Å². The van der Waals surface area contributed by atoms with Crippen LogP contribution < -0.4 is 15.4 Å². The molecule has 25 heavy (non-hydrogen) atoms. The predicted octanol–water partition coefficient (Wildman–Crippen LogP) is 3.07. The van der Waals surface area contributed by atoms with Gasteiger partial charge in [0.2, 0.25) is 5.88 Å². The van der Waals surface area contributed by atoms with Crippen LogP contribution >= 0.6 is 0 Å². The van der Waals surface area contributed by atoms with E-state index in [1.54, 1.807) is 4.90 Å². The quantitative estimate of drug-likeness (QED) is 0.892. The third-order valence-corrected chi connectivity index (χ3v) is 3.74. The summed E-state index contributed by atoms with van der Waals surface area (Å²) in [5.41, 5.74) is 6.85. The molecule has 0 atom stereocenters. The van der Waals surface area contributed by atoms with Gasteiger partial charge in [-0.3, -0.25) is 0 Å². The van der Waals surface area contributed by atoms with Crippen LogP contribution in [0.2, 0.25) is 0 Å². The highest BCUT2D eigenvalue weighted by atomic mass is 19.4. The Balaban J connectivity index is 0.00000109. The zero-order chi connectivity index (χ0) is 18.6. The predicted molar refractivity (Wildman–Crippen MR) is 88.3 cm³/mol. The van der Waals surface area contributed by atoms with Crippen LogP contribution in [0, 0.1) is 0 Å². The van der Waals surface area contributed by atoms with Crippen LogP contribution in [0.15, 0.2) is 18.6 Å². The van der Waals surface area contributed by atoms with Gasteiger partial charge in [-0.15, -0.1) is 0 Å². The van der Waals surface area contributed by atoms with Crippen molar-refractivity contribution in [3.05, 3.63) is 35.4 Å². The van der Waals surface area contributed by atoms with Crippen molar-refractivity contribution in [1.29, 1.82) is 0 Å². The molecule has 0 saturated carbocycles. The summed E-state index contributed by atoms with van der Waals surface area (Å²) in [6.45, 7) is 4.86. The molecule has 136 valence electrons. The molecule has 0 bridgehead atoms.